The van der Waals surface area contributed by atoms with E-state index in [2.05, 4.69) is 20.6 Å². The Bertz CT molecular complexity index is 909. The van der Waals surface area contributed by atoms with Gasteiger partial charge in [-0.25, -0.2) is 0 Å². The third-order valence-corrected chi connectivity index (χ3v) is 4.20. The van der Waals surface area contributed by atoms with E-state index in [0.29, 0.717) is 22.5 Å². The third-order valence-electron chi connectivity index (χ3n) is 4.20. The van der Waals surface area contributed by atoms with E-state index in [0.717, 1.165) is 5.56 Å². The Kier molecular flexibility index (Phi) is 5.49. The molecular weight excluding hydrogens is 352 g/mol. The number of anilines is 2. The average molecular weight is 374 g/mol. The molecule has 6 heteroatoms. The van der Waals surface area contributed by atoms with Crippen molar-refractivity contribution in [2.75, 3.05) is 10.6 Å². The number of nitrogens with one attached hydrogen (secondary N) is 2. The fourth-order valence-electron chi connectivity index (χ4n) is 2.60. The van der Waals surface area contributed by atoms with E-state index in [1.54, 1.807) is 55.1 Å². The largest absolute Gasteiger partial charge is 0.322 e. The number of nitrogens with zero attached hydrogens (tertiary/aromatic N) is 2. The second-order valence-electron chi connectivity index (χ2n) is 7.43. The minimum absolute atomic E-state index is 0.224. The van der Waals surface area contributed by atoms with Crippen molar-refractivity contribution in [3.8, 4) is 0 Å². The van der Waals surface area contributed by atoms with Crippen LogP contribution in [0, 0.1) is 0 Å². The van der Waals surface area contributed by atoms with E-state index in [9.17, 15) is 9.59 Å². The molecule has 0 aliphatic rings. The summed E-state index contributed by atoms with van der Waals surface area (Å²) in [6.45, 7) is 6.12. The lowest BCUT2D eigenvalue weighted by molar-refractivity contribution is 0.102. The fraction of sp³-hybridized carbons (Fsp3) is 0.182. The summed E-state index contributed by atoms with van der Waals surface area (Å²) in [7, 11) is 0. The molecule has 2 heterocycles. The smallest absolute Gasteiger partial charge is 0.255 e. The number of carbonyl (C=O) groups excluding carboxylic acids is 2. The number of hydrogen-bond acceptors (Lipinski definition) is 4. The normalized spacial score (nSPS) is 11.0. The highest BCUT2D eigenvalue weighted by atomic mass is 16.2. The maximum Gasteiger partial charge on any atom is 0.255 e. The summed E-state index contributed by atoms with van der Waals surface area (Å²) in [4.78, 5) is 33.4. The van der Waals surface area contributed by atoms with Crippen molar-refractivity contribution >= 4 is 23.2 Å². The highest BCUT2D eigenvalue weighted by molar-refractivity contribution is 6.09. The summed E-state index contributed by atoms with van der Waals surface area (Å²) < 4.78 is 0. The van der Waals surface area contributed by atoms with E-state index < -0.39 is 0 Å². The van der Waals surface area contributed by atoms with Crippen LogP contribution in [0.5, 0.6) is 0 Å². The number of hydrogen-bond donors (Lipinski definition) is 2. The van der Waals surface area contributed by atoms with Gasteiger partial charge in [-0.1, -0.05) is 20.8 Å². The highest BCUT2D eigenvalue weighted by Gasteiger charge is 2.20. The van der Waals surface area contributed by atoms with Gasteiger partial charge >= 0.3 is 0 Å². The molecule has 0 bridgehead atoms. The van der Waals surface area contributed by atoms with Gasteiger partial charge < -0.3 is 10.6 Å². The molecule has 6 nitrogen and oxygen atoms in total. The molecule has 2 amide bonds. The van der Waals surface area contributed by atoms with Crippen LogP contribution in [0.25, 0.3) is 0 Å². The maximum atomic E-state index is 12.8. The van der Waals surface area contributed by atoms with Gasteiger partial charge in [0.25, 0.3) is 11.8 Å². The first-order chi connectivity index (χ1) is 13.3. The van der Waals surface area contributed by atoms with Gasteiger partial charge in [0.05, 0.1) is 0 Å². The first-order valence-electron chi connectivity index (χ1n) is 8.91. The Morgan fingerprint density at radius 1 is 0.714 bits per heavy atom. The van der Waals surface area contributed by atoms with Crippen LogP contribution in [0.3, 0.4) is 0 Å². The summed E-state index contributed by atoms with van der Waals surface area (Å²) in [5.74, 6) is -0.564. The molecule has 142 valence electrons. The van der Waals surface area contributed by atoms with Crippen LogP contribution < -0.4 is 10.6 Å². The second kappa shape index (κ2) is 8.00. The predicted molar refractivity (Wildman–Crippen MR) is 110 cm³/mol. The maximum absolute atomic E-state index is 12.8. The van der Waals surface area contributed by atoms with E-state index in [-0.39, 0.29) is 17.2 Å². The Labute approximate surface area is 164 Å². The zero-order valence-corrected chi connectivity index (χ0v) is 16.1. The van der Waals surface area contributed by atoms with Crippen LogP contribution >= 0.6 is 0 Å². The molecule has 28 heavy (non-hydrogen) atoms. The van der Waals surface area contributed by atoms with Crippen molar-refractivity contribution in [1.82, 2.24) is 9.97 Å². The number of carbonyl (C=O) groups is 2. The molecule has 3 rings (SSSR count). The second-order valence-corrected chi connectivity index (χ2v) is 7.43. The lowest BCUT2D eigenvalue weighted by Gasteiger charge is -2.21. The average Bonchev–Trinajstić information content (AvgIpc) is 2.68. The minimum Gasteiger partial charge on any atom is -0.322 e. The van der Waals surface area contributed by atoms with Crippen molar-refractivity contribution in [2.45, 2.75) is 26.2 Å². The number of benzene rings is 1. The zero-order chi connectivity index (χ0) is 20.1. The van der Waals surface area contributed by atoms with Crippen molar-refractivity contribution in [3.05, 3.63) is 83.9 Å². The molecule has 0 unspecified atom stereocenters. The van der Waals surface area contributed by atoms with Crippen molar-refractivity contribution in [3.63, 3.8) is 0 Å². The van der Waals surface area contributed by atoms with Crippen LogP contribution in [0.1, 0.15) is 47.1 Å². The molecule has 0 aliphatic carbocycles. The Balaban J connectivity index is 1.93. The monoisotopic (exact) mass is 374 g/mol. The number of amides is 2. The first-order valence-corrected chi connectivity index (χ1v) is 8.91. The molecule has 3 aromatic rings. The summed E-state index contributed by atoms with van der Waals surface area (Å²) in [5, 5.41) is 5.67. The fourth-order valence-corrected chi connectivity index (χ4v) is 2.60. The lowest BCUT2D eigenvalue weighted by atomic mass is 9.85. The van der Waals surface area contributed by atoms with E-state index in [1.807, 2.05) is 32.9 Å². The standard InChI is InChI=1S/C22H22N4O2/c1-22(2,3)17-13-15(20(27)25-18-4-8-23-9-5-18)12-16(14-17)21(28)26-19-6-10-24-11-7-19/h4-14H,1-3H3,(H,23,25,27)(H,24,26,28). The Morgan fingerprint density at radius 2 is 1.11 bits per heavy atom. The van der Waals surface area contributed by atoms with Gasteiger partial charge in [-0.3, -0.25) is 19.6 Å². The van der Waals surface area contributed by atoms with Gasteiger partial charge in [0, 0.05) is 47.3 Å². The topological polar surface area (TPSA) is 84.0 Å². The van der Waals surface area contributed by atoms with Crippen LogP contribution in [-0.4, -0.2) is 21.8 Å². The van der Waals surface area contributed by atoms with Crippen molar-refractivity contribution in [2.24, 2.45) is 0 Å². The van der Waals surface area contributed by atoms with Gasteiger partial charge in [-0.2, -0.15) is 0 Å². The molecule has 2 aromatic heterocycles. The molecular formula is C22H22N4O2. The zero-order valence-electron chi connectivity index (χ0n) is 16.1. The van der Waals surface area contributed by atoms with E-state index >= 15 is 0 Å². The van der Waals surface area contributed by atoms with Gasteiger partial charge in [0.15, 0.2) is 0 Å². The first kappa shape index (κ1) is 19.2. The lowest BCUT2D eigenvalue weighted by Crippen LogP contribution is -2.19. The minimum atomic E-state index is -0.282. The van der Waals surface area contributed by atoms with Gasteiger partial charge in [0.1, 0.15) is 0 Å². The number of aromatic nitrogens is 2. The number of pyridine rings is 2. The van der Waals surface area contributed by atoms with Gasteiger partial charge in [-0.15, -0.1) is 0 Å². The quantitative estimate of drug-likeness (QED) is 0.714. The van der Waals surface area contributed by atoms with Crippen LogP contribution in [0.2, 0.25) is 0 Å². The van der Waals surface area contributed by atoms with Gasteiger partial charge in [0.2, 0.25) is 0 Å². The summed E-state index contributed by atoms with van der Waals surface area (Å²) in [6, 6.07) is 12.1. The van der Waals surface area contributed by atoms with Crippen molar-refractivity contribution < 1.29 is 9.59 Å². The molecule has 0 atom stereocenters. The third kappa shape index (κ3) is 4.79. The summed E-state index contributed by atoms with van der Waals surface area (Å²) in [6.07, 6.45) is 6.42. The summed E-state index contributed by atoms with van der Waals surface area (Å²) >= 11 is 0. The molecule has 0 saturated heterocycles. The SMILES string of the molecule is CC(C)(C)c1cc(C(=O)Nc2ccncc2)cc(C(=O)Nc2ccncc2)c1. The summed E-state index contributed by atoms with van der Waals surface area (Å²) in [5.41, 5.74) is 2.80. The van der Waals surface area contributed by atoms with Crippen LogP contribution in [0.4, 0.5) is 11.4 Å². The molecule has 0 radical (unpaired) electrons. The highest BCUT2D eigenvalue weighted by Crippen LogP contribution is 2.25. The Hall–Kier alpha value is -3.54. The molecule has 0 aliphatic heterocycles. The van der Waals surface area contributed by atoms with Crippen molar-refractivity contribution in [1.29, 1.82) is 0 Å². The Morgan fingerprint density at radius 3 is 1.46 bits per heavy atom. The number of rotatable bonds is 4. The molecule has 1 aromatic carbocycles. The molecule has 0 saturated carbocycles. The molecule has 0 spiro atoms. The van der Waals surface area contributed by atoms with Crippen LogP contribution in [0.15, 0.2) is 67.3 Å². The van der Waals surface area contributed by atoms with Gasteiger partial charge in [-0.05, 0) is 53.4 Å². The molecule has 0 fully saturated rings. The van der Waals surface area contributed by atoms with E-state index in [1.165, 1.54) is 0 Å². The van der Waals surface area contributed by atoms with E-state index in [4.69, 9.17) is 0 Å². The van der Waals surface area contributed by atoms with Crippen LogP contribution in [-0.2, 0) is 5.41 Å². The molecule has 2 N–H and O–H groups in total. The predicted octanol–water partition coefficient (Wildman–Crippen LogP) is 4.28.